The minimum Gasteiger partial charge on any atom is -0.454 e. The summed E-state index contributed by atoms with van der Waals surface area (Å²) in [4.78, 5) is 23.1. The number of carbonyl (C=O) groups excluding carboxylic acids is 1. The van der Waals surface area contributed by atoms with E-state index in [1.165, 1.54) is 0 Å². The SMILES string of the molecule is C=CCOC(=O)N1CCCC(NC(c2cnc(C)cn2)c2nnnn2-c2ccc3c(c2)OCO3)C1. The van der Waals surface area contributed by atoms with Crippen LogP contribution in [0.15, 0.2) is 43.2 Å². The highest BCUT2D eigenvalue weighted by Crippen LogP contribution is 2.34. The Bertz CT molecular complexity index is 1200. The van der Waals surface area contributed by atoms with Crippen molar-refractivity contribution >= 4 is 6.09 Å². The molecule has 12 heteroatoms. The normalized spacial score (nSPS) is 17.7. The van der Waals surface area contributed by atoms with Crippen molar-refractivity contribution in [3.8, 4) is 17.2 Å². The lowest BCUT2D eigenvalue weighted by Crippen LogP contribution is -2.49. The van der Waals surface area contributed by atoms with Crippen LogP contribution in [-0.4, -0.2) is 73.7 Å². The second kappa shape index (κ2) is 10.1. The highest BCUT2D eigenvalue weighted by Gasteiger charge is 2.31. The Labute approximate surface area is 201 Å². The molecule has 1 fully saturated rings. The maximum absolute atomic E-state index is 12.4. The van der Waals surface area contributed by atoms with E-state index in [4.69, 9.17) is 14.2 Å². The fourth-order valence-electron chi connectivity index (χ4n) is 4.15. The van der Waals surface area contributed by atoms with E-state index in [-0.39, 0.29) is 25.5 Å². The molecule has 1 N–H and O–H groups in total. The molecule has 2 aromatic heterocycles. The number of amides is 1. The predicted octanol–water partition coefficient (Wildman–Crippen LogP) is 1.96. The van der Waals surface area contributed by atoms with Crippen LogP contribution in [-0.2, 0) is 4.74 Å². The smallest absolute Gasteiger partial charge is 0.410 e. The van der Waals surface area contributed by atoms with E-state index >= 15 is 0 Å². The van der Waals surface area contributed by atoms with Gasteiger partial charge in [-0.05, 0) is 42.3 Å². The fourth-order valence-corrected chi connectivity index (χ4v) is 4.15. The van der Waals surface area contributed by atoms with Crippen molar-refractivity contribution in [2.75, 3.05) is 26.5 Å². The first-order valence-electron chi connectivity index (χ1n) is 11.4. The van der Waals surface area contributed by atoms with Crippen LogP contribution in [0.4, 0.5) is 4.79 Å². The number of nitrogens with one attached hydrogen (secondary N) is 1. The van der Waals surface area contributed by atoms with Crippen molar-refractivity contribution in [2.24, 2.45) is 0 Å². The third-order valence-electron chi connectivity index (χ3n) is 5.86. The maximum Gasteiger partial charge on any atom is 0.410 e. The fraction of sp³-hybridized carbons (Fsp3) is 0.391. The topological polar surface area (TPSA) is 129 Å². The van der Waals surface area contributed by atoms with Crippen LogP contribution in [0.25, 0.3) is 5.69 Å². The Kier molecular flexibility index (Phi) is 6.53. The highest BCUT2D eigenvalue weighted by atomic mass is 16.7. The molecule has 1 aromatic carbocycles. The van der Waals surface area contributed by atoms with Gasteiger partial charge in [0.2, 0.25) is 6.79 Å². The summed E-state index contributed by atoms with van der Waals surface area (Å²) < 4.78 is 17.8. The average Bonchev–Trinajstić information content (AvgIpc) is 3.56. The van der Waals surface area contributed by atoms with Gasteiger partial charge in [0.15, 0.2) is 17.3 Å². The van der Waals surface area contributed by atoms with Crippen LogP contribution in [0.1, 0.15) is 36.1 Å². The third-order valence-corrected chi connectivity index (χ3v) is 5.86. The Morgan fingerprint density at radius 3 is 3.03 bits per heavy atom. The summed E-state index contributed by atoms with van der Waals surface area (Å²) in [6.45, 7) is 6.95. The molecule has 182 valence electrons. The van der Waals surface area contributed by atoms with E-state index in [2.05, 4.69) is 37.4 Å². The van der Waals surface area contributed by atoms with E-state index in [1.807, 2.05) is 25.1 Å². The van der Waals surface area contributed by atoms with Gasteiger partial charge in [-0.2, -0.15) is 4.68 Å². The minimum absolute atomic E-state index is 0.0324. The quantitative estimate of drug-likeness (QED) is 0.503. The van der Waals surface area contributed by atoms with Gasteiger partial charge < -0.3 is 19.1 Å². The number of fused-ring (bicyclic) bond motifs is 1. The molecule has 1 saturated heterocycles. The largest absolute Gasteiger partial charge is 0.454 e. The molecule has 1 amide bonds. The van der Waals surface area contributed by atoms with Crippen LogP contribution in [0.5, 0.6) is 11.5 Å². The molecular weight excluding hydrogens is 452 g/mol. The summed E-state index contributed by atoms with van der Waals surface area (Å²) in [5.74, 6) is 1.84. The Balaban J connectivity index is 1.43. The molecule has 35 heavy (non-hydrogen) atoms. The lowest BCUT2D eigenvalue weighted by Gasteiger charge is -2.34. The van der Waals surface area contributed by atoms with E-state index in [1.54, 1.807) is 28.1 Å². The number of hydrogen-bond acceptors (Lipinski definition) is 10. The van der Waals surface area contributed by atoms with Crippen LogP contribution >= 0.6 is 0 Å². The van der Waals surface area contributed by atoms with Gasteiger partial charge in [0, 0.05) is 31.4 Å². The van der Waals surface area contributed by atoms with Gasteiger partial charge in [0.05, 0.1) is 23.3 Å². The van der Waals surface area contributed by atoms with Crippen LogP contribution < -0.4 is 14.8 Å². The molecule has 2 aliphatic rings. The average molecular weight is 479 g/mol. The van der Waals surface area contributed by atoms with Gasteiger partial charge in [-0.15, -0.1) is 5.10 Å². The number of piperidine rings is 1. The molecule has 0 saturated carbocycles. The van der Waals surface area contributed by atoms with Crippen molar-refractivity contribution in [1.82, 2.24) is 40.4 Å². The molecule has 2 unspecified atom stereocenters. The Hall–Kier alpha value is -4.06. The van der Waals surface area contributed by atoms with Gasteiger partial charge >= 0.3 is 6.09 Å². The number of likely N-dealkylation sites (tertiary alicyclic amines) is 1. The van der Waals surface area contributed by atoms with E-state index in [0.29, 0.717) is 36.1 Å². The molecule has 2 aliphatic heterocycles. The third kappa shape index (κ3) is 4.92. The van der Waals surface area contributed by atoms with Crippen LogP contribution in [0.2, 0.25) is 0 Å². The zero-order valence-electron chi connectivity index (χ0n) is 19.3. The zero-order valence-corrected chi connectivity index (χ0v) is 19.3. The molecule has 0 radical (unpaired) electrons. The number of nitrogens with zero attached hydrogens (tertiary/aromatic N) is 7. The van der Waals surface area contributed by atoms with Crippen molar-refractivity contribution in [3.63, 3.8) is 0 Å². The number of carbonyl (C=O) groups is 1. The molecule has 0 spiro atoms. The molecule has 0 aliphatic carbocycles. The number of ether oxygens (including phenoxy) is 3. The zero-order chi connectivity index (χ0) is 24.2. The van der Waals surface area contributed by atoms with Gasteiger partial charge in [-0.25, -0.2) is 4.79 Å². The van der Waals surface area contributed by atoms with E-state index in [9.17, 15) is 4.79 Å². The van der Waals surface area contributed by atoms with Crippen molar-refractivity contribution in [3.05, 3.63) is 60.5 Å². The molecule has 5 rings (SSSR count). The second-order valence-electron chi connectivity index (χ2n) is 8.32. The minimum atomic E-state index is -0.474. The predicted molar refractivity (Wildman–Crippen MR) is 123 cm³/mol. The number of benzene rings is 1. The molecule has 12 nitrogen and oxygen atoms in total. The first-order chi connectivity index (χ1) is 17.1. The Morgan fingerprint density at radius 1 is 1.31 bits per heavy atom. The number of aryl methyl sites for hydroxylation is 1. The van der Waals surface area contributed by atoms with E-state index < -0.39 is 6.04 Å². The first-order valence-corrected chi connectivity index (χ1v) is 11.4. The monoisotopic (exact) mass is 478 g/mol. The molecule has 2 atom stereocenters. The lowest BCUT2D eigenvalue weighted by atomic mass is 10.0. The molecule has 0 bridgehead atoms. The van der Waals surface area contributed by atoms with Gasteiger partial charge in [-0.3, -0.25) is 15.3 Å². The lowest BCUT2D eigenvalue weighted by molar-refractivity contribution is 0.0963. The number of hydrogen-bond donors (Lipinski definition) is 1. The molecule has 3 aromatic rings. The summed E-state index contributed by atoms with van der Waals surface area (Å²) >= 11 is 0. The standard InChI is InChI=1S/C23H26N8O4/c1-3-9-33-23(32)30-8-4-5-16(13-30)26-21(18-12-24-15(2)11-25-18)22-27-28-29-31(22)17-6-7-19-20(10-17)35-14-34-19/h3,6-7,10-12,16,21,26H,1,4-5,8-9,13-14H2,2H3. The van der Waals surface area contributed by atoms with Crippen molar-refractivity contribution in [1.29, 1.82) is 0 Å². The second-order valence-corrected chi connectivity index (χ2v) is 8.32. The molecule has 4 heterocycles. The summed E-state index contributed by atoms with van der Waals surface area (Å²) in [7, 11) is 0. The van der Waals surface area contributed by atoms with Crippen molar-refractivity contribution < 1.29 is 19.0 Å². The van der Waals surface area contributed by atoms with Crippen LogP contribution in [0.3, 0.4) is 0 Å². The highest BCUT2D eigenvalue weighted by molar-refractivity contribution is 5.67. The number of aromatic nitrogens is 6. The summed E-state index contributed by atoms with van der Waals surface area (Å²) in [5, 5.41) is 16.1. The summed E-state index contributed by atoms with van der Waals surface area (Å²) in [6, 6.07) is 5.01. The summed E-state index contributed by atoms with van der Waals surface area (Å²) in [6.07, 6.45) is 6.32. The molecular formula is C23H26N8O4. The number of rotatable bonds is 7. The maximum atomic E-state index is 12.4. The van der Waals surface area contributed by atoms with Gasteiger partial charge in [0.25, 0.3) is 0 Å². The summed E-state index contributed by atoms with van der Waals surface area (Å²) in [5.41, 5.74) is 2.19. The van der Waals surface area contributed by atoms with Crippen LogP contribution in [0, 0.1) is 6.92 Å². The van der Waals surface area contributed by atoms with Crippen molar-refractivity contribution in [2.45, 2.75) is 31.8 Å². The first kappa shape index (κ1) is 22.7. The van der Waals surface area contributed by atoms with Gasteiger partial charge in [-0.1, -0.05) is 12.7 Å². The number of tetrazole rings is 1. The van der Waals surface area contributed by atoms with E-state index in [0.717, 1.165) is 24.2 Å². The van der Waals surface area contributed by atoms with Gasteiger partial charge in [0.1, 0.15) is 12.6 Å². The Morgan fingerprint density at radius 2 is 2.20 bits per heavy atom.